The molecule has 0 bridgehead atoms. The Bertz CT molecular complexity index is 786. The minimum absolute atomic E-state index is 0.138. The fraction of sp³-hybridized carbons (Fsp3) is 0.650. The number of aromatic nitrogens is 1. The first-order valence-electron chi connectivity index (χ1n) is 10.1. The fourth-order valence-electron chi connectivity index (χ4n) is 4.49. The van der Waals surface area contributed by atoms with Gasteiger partial charge in [0.05, 0.1) is 31.3 Å². The SMILES string of the molecule is COc1ncc(C(=O)N2CCC3(CCN(CCN4CCOCC4)C3=O)C2)cc1F. The number of pyridine rings is 1. The Labute approximate surface area is 169 Å². The zero-order valence-electron chi connectivity index (χ0n) is 16.7. The molecular formula is C20H27FN4O4. The normalized spacial score (nSPS) is 25.2. The van der Waals surface area contributed by atoms with Gasteiger partial charge in [-0.15, -0.1) is 0 Å². The van der Waals surface area contributed by atoms with Gasteiger partial charge in [-0.1, -0.05) is 0 Å². The molecule has 0 aromatic carbocycles. The molecule has 0 radical (unpaired) electrons. The van der Waals surface area contributed by atoms with Crippen LogP contribution in [0, 0.1) is 11.2 Å². The first-order chi connectivity index (χ1) is 14.0. The largest absolute Gasteiger partial charge is 0.479 e. The number of hydrogen-bond donors (Lipinski definition) is 0. The van der Waals surface area contributed by atoms with Crippen LogP contribution in [0.15, 0.2) is 12.3 Å². The molecule has 9 heteroatoms. The maximum Gasteiger partial charge on any atom is 0.255 e. The van der Waals surface area contributed by atoms with Crippen LogP contribution >= 0.6 is 0 Å². The molecule has 8 nitrogen and oxygen atoms in total. The molecule has 3 aliphatic heterocycles. The van der Waals surface area contributed by atoms with Gasteiger partial charge in [-0.3, -0.25) is 14.5 Å². The maximum absolute atomic E-state index is 13.9. The number of ether oxygens (including phenoxy) is 2. The molecule has 0 aliphatic carbocycles. The average molecular weight is 406 g/mol. The Kier molecular flexibility index (Phi) is 5.69. The molecule has 3 fully saturated rings. The molecule has 2 amide bonds. The van der Waals surface area contributed by atoms with Gasteiger partial charge in [-0.05, 0) is 18.9 Å². The number of amides is 2. The Morgan fingerprint density at radius 1 is 1.24 bits per heavy atom. The third kappa shape index (κ3) is 3.93. The van der Waals surface area contributed by atoms with Gasteiger partial charge < -0.3 is 19.3 Å². The molecule has 4 rings (SSSR count). The van der Waals surface area contributed by atoms with Crippen molar-refractivity contribution in [1.82, 2.24) is 19.7 Å². The number of halogens is 1. The predicted molar refractivity (Wildman–Crippen MR) is 102 cm³/mol. The highest BCUT2D eigenvalue weighted by molar-refractivity contribution is 5.95. The van der Waals surface area contributed by atoms with Crippen molar-refractivity contribution in [3.8, 4) is 5.88 Å². The van der Waals surface area contributed by atoms with Gasteiger partial charge >= 0.3 is 0 Å². The Morgan fingerprint density at radius 2 is 2.00 bits per heavy atom. The molecule has 1 aromatic rings. The molecule has 0 saturated carbocycles. The van der Waals surface area contributed by atoms with E-state index in [1.165, 1.54) is 13.3 Å². The fourth-order valence-corrected chi connectivity index (χ4v) is 4.49. The zero-order chi connectivity index (χ0) is 20.4. The number of morpholine rings is 1. The minimum atomic E-state index is -0.668. The summed E-state index contributed by atoms with van der Waals surface area (Å²) in [5.74, 6) is -0.963. The molecule has 4 heterocycles. The summed E-state index contributed by atoms with van der Waals surface area (Å²) in [5.41, 5.74) is -0.325. The molecule has 3 aliphatic rings. The molecule has 158 valence electrons. The van der Waals surface area contributed by atoms with Crippen LogP contribution in [0.1, 0.15) is 23.2 Å². The van der Waals surface area contributed by atoms with Crippen molar-refractivity contribution >= 4 is 11.8 Å². The summed E-state index contributed by atoms with van der Waals surface area (Å²) in [6, 6.07) is 1.14. The van der Waals surface area contributed by atoms with Crippen LogP contribution in [0.5, 0.6) is 5.88 Å². The Balaban J connectivity index is 1.36. The van der Waals surface area contributed by atoms with E-state index in [0.29, 0.717) is 26.1 Å². The van der Waals surface area contributed by atoms with Gasteiger partial charge in [-0.25, -0.2) is 9.37 Å². The van der Waals surface area contributed by atoms with Crippen molar-refractivity contribution in [3.63, 3.8) is 0 Å². The van der Waals surface area contributed by atoms with Crippen molar-refractivity contribution in [2.75, 3.05) is 66.1 Å². The molecule has 1 spiro atoms. The van der Waals surface area contributed by atoms with Crippen molar-refractivity contribution in [2.24, 2.45) is 5.41 Å². The number of carbonyl (C=O) groups excluding carboxylic acids is 2. The first-order valence-corrected chi connectivity index (χ1v) is 10.1. The minimum Gasteiger partial charge on any atom is -0.479 e. The molecule has 1 atom stereocenters. The van der Waals surface area contributed by atoms with Crippen molar-refractivity contribution < 1.29 is 23.5 Å². The van der Waals surface area contributed by atoms with E-state index in [1.54, 1.807) is 4.90 Å². The Hall–Kier alpha value is -2.26. The summed E-state index contributed by atoms with van der Waals surface area (Å²) in [5, 5.41) is 0. The molecule has 29 heavy (non-hydrogen) atoms. The van der Waals surface area contributed by atoms with E-state index >= 15 is 0 Å². The summed E-state index contributed by atoms with van der Waals surface area (Å²) in [6.45, 7) is 6.47. The van der Waals surface area contributed by atoms with Gasteiger partial charge in [0.25, 0.3) is 5.91 Å². The van der Waals surface area contributed by atoms with E-state index in [2.05, 4.69) is 9.88 Å². The van der Waals surface area contributed by atoms with Crippen LogP contribution in [0.25, 0.3) is 0 Å². The van der Waals surface area contributed by atoms with E-state index in [4.69, 9.17) is 9.47 Å². The smallest absolute Gasteiger partial charge is 0.255 e. The number of rotatable bonds is 5. The van der Waals surface area contributed by atoms with Crippen LogP contribution in [0.4, 0.5) is 4.39 Å². The second-order valence-corrected chi connectivity index (χ2v) is 7.97. The van der Waals surface area contributed by atoms with E-state index in [9.17, 15) is 14.0 Å². The maximum atomic E-state index is 13.9. The molecule has 3 saturated heterocycles. The summed E-state index contributed by atoms with van der Waals surface area (Å²) >= 11 is 0. The molecule has 1 unspecified atom stereocenters. The number of nitrogens with zero attached hydrogens (tertiary/aromatic N) is 4. The lowest BCUT2D eigenvalue weighted by molar-refractivity contribution is -0.135. The summed E-state index contributed by atoms with van der Waals surface area (Å²) < 4.78 is 24.1. The van der Waals surface area contributed by atoms with Crippen molar-refractivity contribution in [2.45, 2.75) is 12.8 Å². The number of methoxy groups -OCH3 is 1. The highest BCUT2D eigenvalue weighted by atomic mass is 19.1. The molecule has 0 N–H and O–H groups in total. The topological polar surface area (TPSA) is 75.2 Å². The number of carbonyl (C=O) groups is 2. The van der Waals surface area contributed by atoms with Crippen LogP contribution in [0.3, 0.4) is 0 Å². The quantitative estimate of drug-likeness (QED) is 0.714. The lowest BCUT2D eigenvalue weighted by Gasteiger charge is -2.29. The van der Waals surface area contributed by atoms with Crippen LogP contribution < -0.4 is 4.74 Å². The van der Waals surface area contributed by atoms with Gasteiger partial charge in [0.15, 0.2) is 5.82 Å². The van der Waals surface area contributed by atoms with Gasteiger partial charge in [0, 0.05) is 52.0 Å². The number of likely N-dealkylation sites (tertiary alicyclic amines) is 2. The van der Waals surface area contributed by atoms with Crippen LogP contribution in [0.2, 0.25) is 0 Å². The average Bonchev–Trinajstić information content (AvgIpc) is 3.31. The highest BCUT2D eigenvalue weighted by Gasteiger charge is 2.51. The predicted octanol–water partition coefficient (Wildman–Crippen LogP) is 0.626. The van der Waals surface area contributed by atoms with E-state index < -0.39 is 11.2 Å². The standard InChI is InChI=1S/C20H27FN4O4/c1-28-17-16(21)12-15(13-22-17)18(26)25-5-3-20(14-25)2-4-24(19(20)27)7-6-23-8-10-29-11-9-23/h12-13H,2-11,14H2,1H3. The van der Waals surface area contributed by atoms with Gasteiger partial charge in [0.2, 0.25) is 11.8 Å². The molecular weight excluding hydrogens is 379 g/mol. The highest BCUT2D eigenvalue weighted by Crippen LogP contribution is 2.41. The van der Waals surface area contributed by atoms with Gasteiger partial charge in [-0.2, -0.15) is 0 Å². The summed E-state index contributed by atoms with van der Waals surface area (Å²) in [6.07, 6.45) is 2.73. The lowest BCUT2D eigenvalue weighted by atomic mass is 9.85. The first kappa shape index (κ1) is 20.0. The van der Waals surface area contributed by atoms with Crippen LogP contribution in [-0.4, -0.2) is 97.6 Å². The summed E-state index contributed by atoms with van der Waals surface area (Å²) in [4.78, 5) is 35.6. The third-order valence-corrected chi connectivity index (χ3v) is 6.28. The second kappa shape index (κ2) is 8.23. The lowest BCUT2D eigenvalue weighted by Crippen LogP contribution is -2.43. The second-order valence-electron chi connectivity index (χ2n) is 7.97. The van der Waals surface area contributed by atoms with Crippen LogP contribution in [-0.2, 0) is 9.53 Å². The third-order valence-electron chi connectivity index (χ3n) is 6.28. The van der Waals surface area contributed by atoms with Gasteiger partial charge in [0.1, 0.15) is 0 Å². The van der Waals surface area contributed by atoms with E-state index in [1.807, 2.05) is 4.90 Å². The summed E-state index contributed by atoms with van der Waals surface area (Å²) in [7, 11) is 1.33. The van der Waals surface area contributed by atoms with E-state index in [0.717, 1.165) is 51.9 Å². The zero-order valence-corrected chi connectivity index (χ0v) is 16.7. The van der Waals surface area contributed by atoms with E-state index in [-0.39, 0.29) is 23.3 Å². The number of hydrogen-bond acceptors (Lipinski definition) is 6. The van der Waals surface area contributed by atoms with Crippen molar-refractivity contribution in [3.05, 3.63) is 23.6 Å². The monoisotopic (exact) mass is 406 g/mol. The molecule has 1 aromatic heterocycles. The van der Waals surface area contributed by atoms with Crippen molar-refractivity contribution in [1.29, 1.82) is 0 Å². The Morgan fingerprint density at radius 3 is 2.72 bits per heavy atom.